The molecule has 0 radical (unpaired) electrons. The number of likely N-dealkylation sites (tertiary alicyclic amines) is 1. The number of carbonyl (C=O) groups excluding carboxylic acids is 2. The monoisotopic (exact) mass is 535 g/mol. The molecule has 0 saturated carbocycles. The molecular formula is C28H33N5O4S. The van der Waals surface area contributed by atoms with Gasteiger partial charge in [-0.15, -0.1) is 11.3 Å². The van der Waals surface area contributed by atoms with Crippen LogP contribution in [0.15, 0.2) is 45.4 Å². The van der Waals surface area contributed by atoms with Crippen molar-refractivity contribution in [3.05, 3.63) is 58.6 Å². The topological polar surface area (TPSA) is 121 Å². The van der Waals surface area contributed by atoms with Crippen molar-refractivity contribution >= 4 is 29.0 Å². The van der Waals surface area contributed by atoms with Gasteiger partial charge in [0.25, 0.3) is 5.91 Å². The summed E-state index contributed by atoms with van der Waals surface area (Å²) in [5.74, 6) is -0.207. The summed E-state index contributed by atoms with van der Waals surface area (Å²) >= 11 is 1.58. The molecule has 3 aromatic rings. The lowest BCUT2D eigenvalue weighted by Gasteiger charge is -2.37. The number of aliphatic hydroxyl groups is 1. The van der Waals surface area contributed by atoms with Gasteiger partial charge in [0.15, 0.2) is 5.54 Å². The lowest BCUT2D eigenvalue weighted by Crippen LogP contribution is -2.55. The van der Waals surface area contributed by atoms with Gasteiger partial charge in [-0.3, -0.25) is 9.59 Å². The summed E-state index contributed by atoms with van der Waals surface area (Å²) in [5, 5.41) is 17.6. The Morgan fingerprint density at radius 3 is 2.50 bits per heavy atom. The summed E-state index contributed by atoms with van der Waals surface area (Å²) in [6.45, 7) is 11.5. The van der Waals surface area contributed by atoms with E-state index in [1.54, 1.807) is 29.2 Å². The molecule has 2 amide bonds. The van der Waals surface area contributed by atoms with Crippen LogP contribution in [0.2, 0.25) is 0 Å². The first-order valence-corrected chi connectivity index (χ1v) is 13.6. The standard InChI is InChI=1S/C28H33N5O4S/c1-15-11-20(37-32-15)22(27(3,4)5)25(35)33-13-19(34)12-21(33)28(6)26(36)30-24(31-28)18-9-7-17(8-10-18)23-16(2)29-14-38-23/h7-11,14,19,21-22,34H,12-13H2,1-6H3,(H,30,31,36)/t19-,21+,22-,28+/m1/s1. The Balaban J connectivity index is 1.46. The van der Waals surface area contributed by atoms with Gasteiger partial charge in [-0.1, -0.05) is 50.2 Å². The quantitative estimate of drug-likeness (QED) is 0.512. The molecule has 10 heteroatoms. The van der Waals surface area contributed by atoms with Crippen molar-refractivity contribution in [2.24, 2.45) is 10.4 Å². The number of hydrogen-bond acceptors (Lipinski definition) is 8. The van der Waals surface area contributed by atoms with Gasteiger partial charge < -0.3 is 19.8 Å². The van der Waals surface area contributed by atoms with Gasteiger partial charge in [0.1, 0.15) is 17.5 Å². The lowest BCUT2D eigenvalue weighted by molar-refractivity contribution is -0.139. The number of aromatic nitrogens is 2. The van der Waals surface area contributed by atoms with Crippen LogP contribution in [0.5, 0.6) is 0 Å². The molecule has 2 aliphatic rings. The summed E-state index contributed by atoms with van der Waals surface area (Å²) in [5.41, 5.74) is 3.57. The highest BCUT2D eigenvalue weighted by Gasteiger charge is 2.55. The molecule has 2 aliphatic heterocycles. The van der Waals surface area contributed by atoms with E-state index in [1.807, 2.05) is 64.4 Å². The fraction of sp³-hybridized carbons (Fsp3) is 0.464. The first kappa shape index (κ1) is 26.2. The summed E-state index contributed by atoms with van der Waals surface area (Å²) in [4.78, 5) is 39.3. The maximum Gasteiger partial charge on any atom is 0.255 e. The normalized spacial score (nSPS) is 24.4. The highest BCUT2D eigenvalue weighted by atomic mass is 32.1. The summed E-state index contributed by atoms with van der Waals surface area (Å²) in [6, 6.07) is 8.98. The number of benzene rings is 1. The predicted molar refractivity (Wildman–Crippen MR) is 145 cm³/mol. The molecule has 1 aromatic carbocycles. The molecule has 200 valence electrons. The van der Waals surface area contributed by atoms with Crippen molar-refractivity contribution in [3.8, 4) is 10.4 Å². The van der Waals surface area contributed by atoms with Crippen molar-refractivity contribution in [3.63, 3.8) is 0 Å². The number of aliphatic hydroxyl groups excluding tert-OH is 1. The molecule has 0 spiro atoms. The van der Waals surface area contributed by atoms with E-state index in [2.05, 4.69) is 15.5 Å². The Bertz CT molecular complexity index is 1400. The fourth-order valence-corrected chi connectivity index (χ4v) is 6.27. The minimum absolute atomic E-state index is 0.125. The second-order valence-corrected chi connectivity index (χ2v) is 12.3. The van der Waals surface area contributed by atoms with Gasteiger partial charge in [0.05, 0.1) is 33.9 Å². The average molecular weight is 536 g/mol. The lowest BCUT2D eigenvalue weighted by atomic mass is 9.77. The number of carbonyl (C=O) groups is 2. The molecule has 4 atom stereocenters. The number of aliphatic imine (C=N–C) groups is 1. The highest BCUT2D eigenvalue weighted by molar-refractivity contribution is 7.13. The molecule has 0 bridgehead atoms. The van der Waals surface area contributed by atoms with Crippen molar-refractivity contribution in [1.82, 2.24) is 20.4 Å². The van der Waals surface area contributed by atoms with Gasteiger partial charge in [-0.25, -0.2) is 9.98 Å². The maximum atomic E-state index is 14.0. The third-order valence-corrected chi connectivity index (χ3v) is 8.43. The number of thiazole rings is 1. The van der Waals surface area contributed by atoms with Gasteiger partial charge in [0.2, 0.25) is 5.91 Å². The second-order valence-electron chi connectivity index (χ2n) is 11.5. The fourth-order valence-electron chi connectivity index (χ4n) is 5.46. The minimum Gasteiger partial charge on any atom is -0.391 e. The largest absolute Gasteiger partial charge is 0.391 e. The molecule has 0 aliphatic carbocycles. The second kappa shape index (κ2) is 9.43. The number of nitrogens with zero attached hydrogens (tertiary/aromatic N) is 4. The number of aryl methyl sites for hydroxylation is 2. The third kappa shape index (κ3) is 4.56. The first-order valence-electron chi connectivity index (χ1n) is 12.7. The van der Waals surface area contributed by atoms with Crippen LogP contribution in [0.25, 0.3) is 10.4 Å². The number of hydrogen-bond donors (Lipinski definition) is 2. The van der Waals surface area contributed by atoms with Crippen LogP contribution in [-0.2, 0) is 9.59 Å². The van der Waals surface area contributed by atoms with E-state index in [9.17, 15) is 14.7 Å². The smallest absolute Gasteiger partial charge is 0.255 e. The molecule has 4 heterocycles. The number of amidine groups is 1. The van der Waals surface area contributed by atoms with Crippen LogP contribution in [0.1, 0.15) is 62.7 Å². The van der Waals surface area contributed by atoms with Crippen LogP contribution in [0.4, 0.5) is 0 Å². The Hall–Kier alpha value is -3.37. The van der Waals surface area contributed by atoms with Gasteiger partial charge in [-0.2, -0.15) is 0 Å². The van der Waals surface area contributed by atoms with Crippen LogP contribution >= 0.6 is 11.3 Å². The van der Waals surface area contributed by atoms with Gasteiger partial charge in [-0.05, 0) is 38.2 Å². The number of amides is 2. The van der Waals surface area contributed by atoms with E-state index < -0.39 is 29.0 Å². The van der Waals surface area contributed by atoms with Crippen LogP contribution in [0.3, 0.4) is 0 Å². The van der Waals surface area contributed by atoms with Crippen molar-refractivity contribution in [2.75, 3.05) is 6.54 Å². The number of rotatable bonds is 5. The molecule has 0 unspecified atom stereocenters. The molecule has 1 saturated heterocycles. The van der Waals surface area contributed by atoms with Gasteiger partial charge in [0, 0.05) is 18.2 Å². The summed E-state index contributed by atoms with van der Waals surface area (Å²) in [7, 11) is 0. The third-order valence-electron chi connectivity index (χ3n) is 7.46. The maximum absolute atomic E-state index is 14.0. The van der Waals surface area contributed by atoms with E-state index >= 15 is 0 Å². The Kier molecular flexibility index (Phi) is 6.51. The number of nitrogens with one attached hydrogen (secondary N) is 1. The van der Waals surface area contributed by atoms with Crippen molar-refractivity contribution in [2.45, 2.75) is 71.6 Å². The van der Waals surface area contributed by atoms with Crippen LogP contribution in [0, 0.1) is 19.3 Å². The number of β-amino-alcohol motifs (C(OH)–C–C–N with tert-alkyl or cyclic N) is 1. The van der Waals surface area contributed by atoms with Crippen LogP contribution < -0.4 is 5.32 Å². The zero-order valence-electron chi connectivity index (χ0n) is 22.5. The molecule has 2 aromatic heterocycles. The van der Waals surface area contributed by atoms with Gasteiger partial charge >= 0.3 is 0 Å². The molecule has 2 N–H and O–H groups in total. The molecule has 5 rings (SSSR count). The van der Waals surface area contributed by atoms with E-state index in [0.29, 0.717) is 17.3 Å². The Morgan fingerprint density at radius 2 is 1.92 bits per heavy atom. The first-order chi connectivity index (χ1) is 17.9. The minimum atomic E-state index is -1.25. The van der Waals surface area contributed by atoms with Crippen LogP contribution in [-0.4, -0.2) is 62.0 Å². The van der Waals surface area contributed by atoms with Crippen molar-refractivity contribution < 1.29 is 19.2 Å². The van der Waals surface area contributed by atoms with E-state index in [-0.39, 0.29) is 24.8 Å². The SMILES string of the molecule is Cc1cc([C@H](C(=O)N2C[C@H](O)C[C@H]2[C@]2(C)N=C(c3ccc(-c4scnc4C)cc3)NC2=O)C(C)(C)C)on1. The van der Waals surface area contributed by atoms with E-state index in [0.717, 1.165) is 21.7 Å². The molecule has 38 heavy (non-hydrogen) atoms. The molecule has 9 nitrogen and oxygen atoms in total. The van der Waals surface area contributed by atoms with E-state index in [1.165, 1.54) is 0 Å². The molecule has 1 fully saturated rings. The molecular weight excluding hydrogens is 502 g/mol. The highest BCUT2D eigenvalue weighted by Crippen LogP contribution is 2.41. The zero-order valence-corrected chi connectivity index (χ0v) is 23.3. The Morgan fingerprint density at radius 1 is 1.24 bits per heavy atom. The summed E-state index contributed by atoms with van der Waals surface area (Å²) < 4.78 is 5.52. The Labute approximate surface area is 226 Å². The van der Waals surface area contributed by atoms with Crippen molar-refractivity contribution in [1.29, 1.82) is 0 Å². The summed E-state index contributed by atoms with van der Waals surface area (Å²) in [6.07, 6.45) is -0.505. The predicted octanol–water partition coefficient (Wildman–Crippen LogP) is 3.84. The average Bonchev–Trinajstić information content (AvgIpc) is 3.62. The zero-order chi connectivity index (χ0) is 27.4. The van der Waals surface area contributed by atoms with E-state index in [4.69, 9.17) is 9.52 Å².